The Bertz CT molecular complexity index is 1030. The first-order chi connectivity index (χ1) is 14.8. The van der Waals surface area contributed by atoms with Gasteiger partial charge < -0.3 is 15.4 Å². The molecule has 0 fully saturated rings. The Kier molecular flexibility index (Phi) is 6.97. The molecule has 31 heavy (non-hydrogen) atoms. The molecule has 7 nitrogen and oxygen atoms in total. The molecule has 2 N–H and O–H groups in total. The summed E-state index contributed by atoms with van der Waals surface area (Å²) >= 11 is 0. The molecule has 0 atom stereocenters. The second-order valence-corrected chi connectivity index (χ2v) is 8.05. The number of carbonyl (C=O) groups is 2. The number of hydrogen-bond donors (Lipinski definition) is 2. The highest BCUT2D eigenvalue weighted by Gasteiger charge is 2.15. The van der Waals surface area contributed by atoms with Crippen molar-refractivity contribution in [1.29, 1.82) is 0 Å². The number of pyridine rings is 2. The third-order valence-electron chi connectivity index (χ3n) is 4.59. The Morgan fingerprint density at radius 3 is 2.35 bits per heavy atom. The normalized spacial score (nSPS) is 10.9. The fourth-order valence-electron chi connectivity index (χ4n) is 2.80. The van der Waals surface area contributed by atoms with Crippen LogP contribution in [0.25, 0.3) is 0 Å². The van der Waals surface area contributed by atoms with Gasteiger partial charge in [-0.15, -0.1) is 0 Å². The largest absolute Gasteiger partial charge is 0.485 e. The van der Waals surface area contributed by atoms with E-state index in [-0.39, 0.29) is 17.9 Å². The van der Waals surface area contributed by atoms with Crippen molar-refractivity contribution in [2.24, 2.45) is 0 Å². The van der Waals surface area contributed by atoms with Gasteiger partial charge >= 0.3 is 0 Å². The van der Waals surface area contributed by atoms with Crippen LogP contribution in [-0.4, -0.2) is 28.3 Å². The van der Waals surface area contributed by atoms with Gasteiger partial charge in [-0.1, -0.05) is 32.9 Å². The highest BCUT2D eigenvalue weighted by Crippen LogP contribution is 2.23. The zero-order valence-electron chi connectivity index (χ0n) is 17.9. The summed E-state index contributed by atoms with van der Waals surface area (Å²) in [7, 11) is 0. The summed E-state index contributed by atoms with van der Waals surface area (Å²) in [6.07, 6.45) is 4.93. The van der Waals surface area contributed by atoms with Gasteiger partial charge in [0.05, 0.1) is 6.54 Å². The first-order valence-corrected chi connectivity index (χ1v) is 9.98. The zero-order chi connectivity index (χ0) is 22.3. The molecule has 3 rings (SSSR count). The molecule has 0 aliphatic rings. The van der Waals surface area contributed by atoms with Gasteiger partial charge in [0.25, 0.3) is 5.91 Å². The lowest BCUT2D eigenvalue weighted by molar-refractivity contribution is -0.115. The Morgan fingerprint density at radius 1 is 0.968 bits per heavy atom. The molecule has 2 amide bonds. The Morgan fingerprint density at radius 2 is 1.68 bits per heavy atom. The smallest absolute Gasteiger partial charge is 0.251 e. The van der Waals surface area contributed by atoms with E-state index < -0.39 is 5.91 Å². The van der Waals surface area contributed by atoms with E-state index in [4.69, 9.17) is 4.74 Å². The molecule has 0 unspecified atom stereocenters. The van der Waals surface area contributed by atoms with E-state index in [1.54, 1.807) is 42.9 Å². The Hall–Kier alpha value is -3.74. The fraction of sp³-hybridized carbons (Fsp3) is 0.250. The molecular weight excluding hydrogens is 392 g/mol. The Labute approximate surface area is 181 Å². The van der Waals surface area contributed by atoms with Crippen molar-refractivity contribution in [3.63, 3.8) is 0 Å². The van der Waals surface area contributed by atoms with Crippen LogP contribution >= 0.6 is 0 Å². The third kappa shape index (κ3) is 6.37. The van der Waals surface area contributed by atoms with Crippen molar-refractivity contribution in [2.45, 2.75) is 32.8 Å². The van der Waals surface area contributed by atoms with Crippen LogP contribution in [0.5, 0.6) is 5.75 Å². The lowest BCUT2D eigenvalue weighted by atomic mass is 9.87. The van der Waals surface area contributed by atoms with Gasteiger partial charge in [-0.2, -0.15) is 0 Å². The number of anilines is 1. The number of nitrogens with zero attached hydrogens (tertiary/aromatic N) is 2. The second-order valence-electron chi connectivity index (χ2n) is 8.05. The van der Waals surface area contributed by atoms with Crippen molar-refractivity contribution in [2.75, 3.05) is 11.9 Å². The van der Waals surface area contributed by atoms with Crippen molar-refractivity contribution >= 4 is 17.6 Å². The first-order valence-electron chi connectivity index (χ1n) is 9.98. The molecule has 0 spiro atoms. The van der Waals surface area contributed by atoms with E-state index >= 15 is 0 Å². The van der Waals surface area contributed by atoms with Gasteiger partial charge in [0, 0.05) is 24.2 Å². The predicted molar refractivity (Wildman–Crippen MR) is 119 cm³/mol. The molecule has 2 aromatic heterocycles. The second kappa shape index (κ2) is 9.84. The van der Waals surface area contributed by atoms with Crippen LogP contribution in [0.4, 0.5) is 5.82 Å². The van der Waals surface area contributed by atoms with Crippen LogP contribution in [0.2, 0.25) is 0 Å². The minimum absolute atomic E-state index is 0.00868. The minimum Gasteiger partial charge on any atom is -0.485 e. The molecule has 3 aromatic rings. The summed E-state index contributed by atoms with van der Waals surface area (Å²) in [5.74, 6) is 0.0278. The van der Waals surface area contributed by atoms with E-state index in [0.717, 1.165) is 11.1 Å². The van der Waals surface area contributed by atoms with Crippen molar-refractivity contribution < 1.29 is 14.3 Å². The number of amides is 2. The van der Waals surface area contributed by atoms with Crippen LogP contribution in [0.1, 0.15) is 42.3 Å². The van der Waals surface area contributed by atoms with Gasteiger partial charge in [-0.05, 0) is 52.9 Å². The van der Waals surface area contributed by atoms with Crippen LogP contribution in [-0.2, 0) is 16.8 Å². The molecule has 0 radical (unpaired) electrons. The summed E-state index contributed by atoms with van der Waals surface area (Å²) in [6, 6.07) is 14.5. The maximum absolute atomic E-state index is 12.4. The number of hydrogen-bond acceptors (Lipinski definition) is 5. The molecule has 160 valence electrons. The lowest BCUT2D eigenvalue weighted by Gasteiger charge is -2.19. The maximum atomic E-state index is 12.4. The summed E-state index contributed by atoms with van der Waals surface area (Å²) in [5.41, 5.74) is 2.59. The molecule has 0 saturated carbocycles. The lowest BCUT2D eigenvalue weighted by Crippen LogP contribution is -2.33. The molecule has 1 aromatic carbocycles. The fourth-order valence-corrected chi connectivity index (χ4v) is 2.80. The van der Waals surface area contributed by atoms with Gasteiger partial charge in [-0.3, -0.25) is 14.6 Å². The SMILES string of the molecule is CC(C)(C)c1ccc(C(=O)NCC(=O)Nc2ncccc2OCc2ccncc2)cc1. The summed E-state index contributed by atoms with van der Waals surface area (Å²) in [4.78, 5) is 32.8. The molecule has 0 aliphatic carbocycles. The van der Waals surface area contributed by atoms with Crippen molar-refractivity contribution in [3.05, 3.63) is 83.8 Å². The average Bonchev–Trinajstić information content (AvgIpc) is 2.77. The number of ether oxygens (including phenoxy) is 1. The molecule has 0 saturated heterocycles. The maximum Gasteiger partial charge on any atom is 0.251 e. The van der Waals surface area contributed by atoms with Gasteiger partial charge in [0.15, 0.2) is 11.6 Å². The number of carbonyl (C=O) groups excluding carboxylic acids is 2. The van der Waals surface area contributed by atoms with Gasteiger partial charge in [-0.25, -0.2) is 4.98 Å². The summed E-state index contributed by atoms with van der Waals surface area (Å²) in [6.45, 7) is 6.47. The van der Waals surface area contributed by atoms with Crippen LogP contribution < -0.4 is 15.4 Å². The number of aromatic nitrogens is 2. The van der Waals surface area contributed by atoms with Crippen LogP contribution in [0, 0.1) is 0 Å². The number of rotatable bonds is 7. The van der Waals surface area contributed by atoms with E-state index in [0.29, 0.717) is 23.7 Å². The molecule has 0 bridgehead atoms. The first kappa shape index (κ1) is 22.0. The van der Waals surface area contributed by atoms with Crippen LogP contribution in [0.3, 0.4) is 0 Å². The molecular formula is C24H26N4O3. The minimum atomic E-state index is -0.396. The molecule has 7 heteroatoms. The van der Waals surface area contributed by atoms with E-state index in [1.165, 1.54) is 0 Å². The number of nitrogens with one attached hydrogen (secondary N) is 2. The monoisotopic (exact) mass is 418 g/mol. The van der Waals surface area contributed by atoms with Crippen molar-refractivity contribution in [3.8, 4) is 5.75 Å². The summed E-state index contributed by atoms with van der Waals surface area (Å²) in [5, 5.41) is 5.31. The molecule has 0 aliphatic heterocycles. The van der Waals surface area contributed by atoms with E-state index in [1.807, 2.05) is 24.3 Å². The zero-order valence-corrected chi connectivity index (χ0v) is 17.9. The molecule has 2 heterocycles. The Balaban J connectivity index is 1.54. The number of benzene rings is 1. The topological polar surface area (TPSA) is 93.2 Å². The predicted octanol–water partition coefficient (Wildman–Crippen LogP) is 3.72. The highest BCUT2D eigenvalue weighted by molar-refractivity contribution is 5.99. The van der Waals surface area contributed by atoms with E-state index in [9.17, 15) is 9.59 Å². The quantitative estimate of drug-likeness (QED) is 0.610. The standard InChI is InChI=1S/C24H26N4O3/c1-24(2,3)19-8-6-18(7-9-19)23(30)27-15-21(29)28-22-20(5-4-12-26-22)31-16-17-10-13-25-14-11-17/h4-14H,15-16H2,1-3H3,(H,27,30)(H,26,28,29). The van der Waals surface area contributed by atoms with Gasteiger partial charge in [0.2, 0.25) is 5.91 Å². The third-order valence-corrected chi connectivity index (χ3v) is 4.59. The average molecular weight is 418 g/mol. The summed E-state index contributed by atoms with van der Waals surface area (Å²) < 4.78 is 5.77. The van der Waals surface area contributed by atoms with E-state index in [2.05, 4.69) is 41.4 Å². The van der Waals surface area contributed by atoms with Crippen LogP contribution in [0.15, 0.2) is 67.1 Å². The van der Waals surface area contributed by atoms with Crippen molar-refractivity contribution in [1.82, 2.24) is 15.3 Å². The highest BCUT2D eigenvalue weighted by atomic mass is 16.5. The van der Waals surface area contributed by atoms with Gasteiger partial charge in [0.1, 0.15) is 6.61 Å².